The lowest BCUT2D eigenvalue weighted by atomic mass is 10.1. The van der Waals surface area contributed by atoms with Gasteiger partial charge >= 0.3 is 5.69 Å². The topological polar surface area (TPSA) is 84.0 Å². The SMILES string of the molecule is CS(=O)(=O)Nc1ccc(CCn2cc[nH]c2=O)cc1. The number of imidazole rings is 1. The van der Waals surface area contributed by atoms with Gasteiger partial charge in [-0.25, -0.2) is 13.2 Å². The van der Waals surface area contributed by atoms with E-state index >= 15 is 0 Å². The molecule has 2 aromatic rings. The Balaban J connectivity index is 1.99. The average Bonchev–Trinajstić information content (AvgIpc) is 2.72. The summed E-state index contributed by atoms with van der Waals surface area (Å²) in [7, 11) is -3.24. The van der Waals surface area contributed by atoms with Gasteiger partial charge in [0.05, 0.1) is 6.26 Å². The Bertz CT molecular complexity index is 698. The van der Waals surface area contributed by atoms with Crippen LogP contribution in [0.1, 0.15) is 5.56 Å². The molecule has 1 aromatic heterocycles. The zero-order chi connectivity index (χ0) is 13.9. The van der Waals surface area contributed by atoms with Gasteiger partial charge in [-0.1, -0.05) is 12.1 Å². The van der Waals surface area contributed by atoms with E-state index in [0.29, 0.717) is 18.7 Å². The molecule has 19 heavy (non-hydrogen) atoms. The smallest absolute Gasteiger partial charge is 0.313 e. The van der Waals surface area contributed by atoms with Gasteiger partial charge in [-0.2, -0.15) is 0 Å². The van der Waals surface area contributed by atoms with Crippen LogP contribution in [0.15, 0.2) is 41.5 Å². The largest absolute Gasteiger partial charge is 0.325 e. The maximum Gasteiger partial charge on any atom is 0.325 e. The molecule has 2 N–H and O–H groups in total. The molecule has 0 radical (unpaired) electrons. The number of rotatable bonds is 5. The van der Waals surface area contributed by atoms with Crippen molar-refractivity contribution in [3.8, 4) is 0 Å². The predicted molar refractivity (Wildman–Crippen MR) is 73.7 cm³/mol. The first-order chi connectivity index (χ1) is 8.94. The monoisotopic (exact) mass is 281 g/mol. The maximum atomic E-state index is 11.3. The van der Waals surface area contributed by atoms with Crippen LogP contribution < -0.4 is 10.4 Å². The van der Waals surface area contributed by atoms with Crippen molar-refractivity contribution in [3.05, 3.63) is 52.7 Å². The second-order valence-corrected chi connectivity index (χ2v) is 6.03. The number of H-pyrrole nitrogens is 1. The second-order valence-electron chi connectivity index (χ2n) is 4.28. The molecule has 0 aliphatic rings. The van der Waals surface area contributed by atoms with E-state index in [1.54, 1.807) is 29.1 Å². The molecule has 0 aliphatic heterocycles. The fourth-order valence-corrected chi connectivity index (χ4v) is 2.29. The Morgan fingerprint density at radius 3 is 2.47 bits per heavy atom. The number of sulfonamides is 1. The number of hydrogen-bond donors (Lipinski definition) is 2. The van der Waals surface area contributed by atoms with Gasteiger partial charge in [0.15, 0.2) is 0 Å². The Kier molecular flexibility index (Phi) is 3.75. The van der Waals surface area contributed by atoms with Crippen molar-refractivity contribution >= 4 is 15.7 Å². The fraction of sp³-hybridized carbons (Fsp3) is 0.250. The molecule has 102 valence electrons. The van der Waals surface area contributed by atoms with Crippen LogP contribution >= 0.6 is 0 Å². The Hall–Kier alpha value is -2.02. The van der Waals surface area contributed by atoms with Gasteiger partial charge in [0.2, 0.25) is 10.0 Å². The van der Waals surface area contributed by atoms with Crippen molar-refractivity contribution in [3.63, 3.8) is 0 Å². The van der Waals surface area contributed by atoms with Gasteiger partial charge in [-0.3, -0.25) is 9.29 Å². The van der Waals surface area contributed by atoms with E-state index in [9.17, 15) is 13.2 Å². The lowest BCUT2D eigenvalue weighted by Crippen LogP contribution is -2.17. The van der Waals surface area contributed by atoms with Gasteiger partial charge in [-0.15, -0.1) is 0 Å². The van der Waals surface area contributed by atoms with E-state index < -0.39 is 10.0 Å². The van der Waals surface area contributed by atoms with Crippen molar-refractivity contribution in [1.29, 1.82) is 0 Å². The van der Waals surface area contributed by atoms with Crippen LogP contribution in [0.3, 0.4) is 0 Å². The molecular formula is C12H15N3O3S. The van der Waals surface area contributed by atoms with E-state index in [4.69, 9.17) is 0 Å². The molecule has 0 atom stereocenters. The molecule has 0 unspecified atom stereocenters. The highest BCUT2D eigenvalue weighted by Gasteiger charge is 2.02. The second kappa shape index (κ2) is 5.31. The van der Waals surface area contributed by atoms with Crippen molar-refractivity contribution in [2.75, 3.05) is 11.0 Å². The zero-order valence-electron chi connectivity index (χ0n) is 10.5. The standard InChI is InChI=1S/C12H15N3O3S/c1-19(17,18)14-11-4-2-10(3-5-11)6-8-15-9-7-13-12(15)16/h2-5,7,9,14H,6,8H2,1H3,(H,13,16). The molecule has 6 nitrogen and oxygen atoms in total. The number of nitrogens with one attached hydrogen (secondary N) is 2. The maximum absolute atomic E-state index is 11.3. The fourth-order valence-electron chi connectivity index (χ4n) is 1.73. The first kappa shape index (κ1) is 13.4. The molecule has 0 aliphatic carbocycles. The molecule has 0 amide bonds. The lowest BCUT2D eigenvalue weighted by molar-refractivity contribution is 0.607. The minimum atomic E-state index is -3.24. The van der Waals surface area contributed by atoms with Crippen LogP contribution in [0.25, 0.3) is 0 Å². The summed E-state index contributed by atoms with van der Waals surface area (Å²) in [4.78, 5) is 13.9. The summed E-state index contributed by atoms with van der Waals surface area (Å²) in [6.45, 7) is 0.585. The Morgan fingerprint density at radius 1 is 1.26 bits per heavy atom. The molecule has 0 fully saturated rings. The van der Waals surface area contributed by atoms with E-state index in [2.05, 4.69) is 9.71 Å². The normalized spacial score (nSPS) is 11.4. The van der Waals surface area contributed by atoms with Gasteiger partial charge < -0.3 is 4.98 Å². The molecule has 1 aromatic carbocycles. The van der Waals surface area contributed by atoms with Crippen molar-refractivity contribution < 1.29 is 8.42 Å². The number of aromatic amines is 1. The van der Waals surface area contributed by atoms with E-state index in [-0.39, 0.29) is 5.69 Å². The number of nitrogens with zero attached hydrogens (tertiary/aromatic N) is 1. The molecule has 0 bridgehead atoms. The number of aromatic nitrogens is 2. The van der Waals surface area contributed by atoms with Crippen LogP contribution in [0.2, 0.25) is 0 Å². The molecule has 7 heteroatoms. The highest BCUT2D eigenvalue weighted by Crippen LogP contribution is 2.11. The van der Waals surface area contributed by atoms with Crippen molar-refractivity contribution in [1.82, 2.24) is 9.55 Å². The summed E-state index contributed by atoms with van der Waals surface area (Å²) >= 11 is 0. The summed E-state index contributed by atoms with van der Waals surface area (Å²) < 4.78 is 26.1. The predicted octanol–water partition coefficient (Wildman–Crippen LogP) is 0.791. The average molecular weight is 281 g/mol. The quantitative estimate of drug-likeness (QED) is 0.850. The molecule has 2 rings (SSSR count). The minimum Gasteiger partial charge on any atom is -0.313 e. The highest BCUT2D eigenvalue weighted by molar-refractivity contribution is 7.92. The summed E-state index contributed by atoms with van der Waals surface area (Å²) in [5, 5.41) is 0. The summed E-state index contributed by atoms with van der Waals surface area (Å²) in [6.07, 6.45) is 5.11. The van der Waals surface area contributed by atoms with Crippen LogP contribution in [0.5, 0.6) is 0 Å². The summed E-state index contributed by atoms with van der Waals surface area (Å²) in [6, 6.07) is 7.09. The van der Waals surface area contributed by atoms with Crippen LogP contribution in [0.4, 0.5) is 5.69 Å². The van der Waals surface area contributed by atoms with Gasteiger partial charge in [0.1, 0.15) is 0 Å². The first-order valence-electron chi connectivity index (χ1n) is 5.74. The van der Waals surface area contributed by atoms with E-state index in [1.165, 1.54) is 0 Å². The summed E-state index contributed by atoms with van der Waals surface area (Å²) in [5.41, 5.74) is 1.44. The lowest BCUT2D eigenvalue weighted by Gasteiger charge is -2.06. The number of anilines is 1. The van der Waals surface area contributed by atoms with Crippen LogP contribution in [0, 0.1) is 0 Å². The van der Waals surface area contributed by atoms with Gasteiger partial charge in [-0.05, 0) is 24.1 Å². The third-order valence-corrected chi connectivity index (χ3v) is 3.23. The Labute approximate surface area is 111 Å². The summed E-state index contributed by atoms with van der Waals surface area (Å²) in [5.74, 6) is 0. The van der Waals surface area contributed by atoms with Crippen LogP contribution in [-0.4, -0.2) is 24.2 Å². The molecule has 0 spiro atoms. The van der Waals surface area contributed by atoms with E-state index in [0.717, 1.165) is 11.8 Å². The van der Waals surface area contributed by atoms with E-state index in [1.807, 2.05) is 12.1 Å². The molecule has 0 saturated heterocycles. The third kappa shape index (κ3) is 3.99. The molecule has 0 saturated carbocycles. The number of aryl methyl sites for hydroxylation is 2. The van der Waals surface area contributed by atoms with Gasteiger partial charge in [0.25, 0.3) is 0 Å². The third-order valence-electron chi connectivity index (χ3n) is 2.62. The number of hydrogen-bond acceptors (Lipinski definition) is 3. The van der Waals surface area contributed by atoms with Crippen molar-refractivity contribution in [2.24, 2.45) is 0 Å². The Morgan fingerprint density at radius 2 is 1.95 bits per heavy atom. The van der Waals surface area contributed by atoms with Gasteiger partial charge in [0, 0.05) is 24.6 Å². The first-order valence-corrected chi connectivity index (χ1v) is 7.64. The highest BCUT2D eigenvalue weighted by atomic mass is 32.2. The van der Waals surface area contributed by atoms with Crippen LogP contribution in [-0.2, 0) is 23.0 Å². The molecular weight excluding hydrogens is 266 g/mol. The molecule has 1 heterocycles. The minimum absolute atomic E-state index is 0.129. The van der Waals surface area contributed by atoms with Crippen molar-refractivity contribution in [2.45, 2.75) is 13.0 Å². The zero-order valence-corrected chi connectivity index (χ0v) is 11.3. The number of benzene rings is 1.